The molecule has 140 valence electrons. The summed E-state index contributed by atoms with van der Waals surface area (Å²) in [5, 5.41) is 0. The standard InChI is InChI=1S/C19H22FNO4S/c1-13-6-9-16(20)19(11-13)26(22,23)21-10-4-5-17(21)15-8-7-14(24-2)12-18(15)25-3/h6-9,11-12,17H,4-5,10H2,1-3H3. The van der Waals surface area contributed by atoms with Crippen molar-refractivity contribution in [2.45, 2.75) is 30.7 Å². The van der Waals surface area contributed by atoms with Crippen LogP contribution in [-0.2, 0) is 10.0 Å². The Morgan fingerprint density at radius 1 is 1.12 bits per heavy atom. The van der Waals surface area contributed by atoms with E-state index in [1.165, 1.54) is 23.5 Å². The van der Waals surface area contributed by atoms with E-state index in [0.717, 1.165) is 5.56 Å². The van der Waals surface area contributed by atoms with Gasteiger partial charge in [0.15, 0.2) is 0 Å². The van der Waals surface area contributed by atoms with E-state index >= 15 is 0 Å². The summed E-state index contributed by atoms with van der Waals surface area (Å²) < 4.78 is 52.5. The molecule has 1 aliphatic heterocycles. The van der Waals surface area contributed by atoms with Crippen LogP contribution < -0.4 is 9.47 Å². The van der Waals surface area contributed by atoms with Gasteiger partial charge in [0.05, 0.1) is 20.3 Å². The van der Waals surface area contributed by atoms with Crippen molar-refractivity contribution in [3.8, 4) is 11.5 Å². The highest BCUT2D eigenvalue weighted by Crippen LogP contribution is 2.41. The van der Waals surface area contributed by atoms with Gasteiger partial charge in [0.1, 0.15) is 22.2 Å². The van der Waals surface area contributed by atoms with Crippen molar-refractivity contribution in [2.75, 3.05) is 20.8 Å². The first-order valence-electron chi connectivity index (χ1n) is 8.38. The molecule has 1 atom stereocenters. The normalized spacial score (nSPS) is 18.1. The van der Waals surface area contributed by atoms with E-state index in [0.29, 0.717) is 36.4 Å². The van der Waals surface area contributed by atoms with Crippen molar-refractivity contribution >= 4 is 10.0 Å². The average Bonchev–Trinajstić information content (AvgIpc) is 3.13. The van der Waals surface area contributed by atoms with E-state index in [4.69, 9.17) is 9.47 Å². The zero-order valence-electron chi connectivity index (χ0n) is 15.0. The first-order chi connectivity index (χ1) is 12.4. The maximum Gasteiger partial charge on any atom is 0.246 e. The Hall–Kier alpha value is -2.12. The molecule has 1 unspecified atom stereocenters. The van der Waals surface area contributed by atoms with Crippen molar-refractivity contribution in [1.29, 1.82) is 0 Å². The van der Waals surface area contributed by atoms with Crippen LogP contribution in [0, 0.1) is 12.7 Å². The van der Waals surface area contributed by atoms with Gasteiger partial charge in [-0.2, -0.15) is 4.31 Å². The molecule has 1 aliphatic rings. The van der Waals surface area contributed by atoms with Gasteiger partial charge in [0, 0.05) is 18.2 Å². The van der Waals surface area contributed by atoms with Crippen LogP contribution >= 0.6 is 0 Å². The lowest BCUT2D eigenvalue weighted by Crippen LogP contribution is -2.31. The molecule has 1 saturated heterocycles. The lowest BCUT2D eigenvalue weighted by molar-refractivity contribution is 0.360. The van der Waals surface area contributed by atoms with Crippen LogP contribution in [0.1, 0.15) is 30.0 Å². The lowest BCUT2D eigenvalue weighted by Gasteiger charge is -2.26. The lowest BCUT2D eigenvalue weighted by atomic mass is 10.0. The number of hydrogen-bond donors (Lipinski definition) is 0. The molecule has 2 aromatic rings. The number of rotatable bonds is 5. The minimum absolute atomic E-state index is 0.281. The topological polar surface area (TPSA) is 55.8 Å². The molecule has 0 aromatic heterocycles. The Labute approximate surface area is 153 Å². The molecule has 2 aromatic carbocycles. The largest absolute Gasteiger partial charge is 0.497 e. The summed E-state index contributed by atoms with van der Waals surface area (Å²) in [6.07, 6.45) is 1.35. The van der Waals surface area contributed by atoms with Crippen molar-refractivity contribution in [1.82, 2.24) is 4.31 Å². The number of benzene rings is 2. The van der Waals surface area contributed by atoms with Gasteiger partial charge in [-0.1, -0.05) is 12.1 Å². The summed E-state index contributed by atoms with van der Waals surface area (Å²) in [7, 11) is -0.867. The molecule has 1 fully saturated rings. The van der Waals surface area contributed by atoms with Crippen molar-refractivity contribution in [3.63, 3.8) is 0 Å². The fourth-order valence-electron chi connectivity index (χ4n) is 3.37. The summed E-state index contributed by atoms with van der Waals surface area (Å²) in [5.74, 6) is 0.451. The SMILES string of the molecule is COc1ccc(C2CCCN2S(=O)(=O)c2cc(C)ccc2F)c(OC)c1. The minimum Gasteiger partial charge on any atom is -0.497 e. The molecule has 0 bridgehead atoms. The Morgan fingerprint density at radius 2 is 1.88 bits per heavy atom. The summed E-state index contributed by atoms with van der Waals surface area (Å²) >= 11 is 0. The van der Waals surface area contributed by atoms with Gasteiger partial charge >= 0.3 is 0 Å². The Balaban J connectivity index is 2.04. The number of hydrogen-bond acceptors (Lipinski definition) is 4. The highest BCUT2D eigenvalue weighted by atomic mass is 32.2. The molecule has 1 heterocycles. The zero-order chi connectivity index (χ0) is 18.9. The Morgan fingerprint density at radius 3 is 2.58 bits per heavy atom. The number of halogens is 1. The number of ether oxygens (including phenoxy) is 2. The van der Waals surface area contributed by atoms with E-state index in [2.05, 4.69) is 0 Å². The van der Waals surface area contributed by atoms with Crippen molar-refractivity contribution in [2.24, 2.45) is 0 Å². The van der Waals surface area contributed by atoms with Crippen LogP contribution in [0.4, 0.5) is 4.39 Å². The summed E-state index contributed by atoms with van der Waals surface area (Å²) in [4.78, 5) is -0.281. The van der Waals surface area contributed by atoms with Crippen LogP contribution in [0.3, 0.4) is 0 Å². The van der Waals surface area contributed by atoms with Crippen molar-refractivity contribution < 1.29 is 22.3 Å². The molecular formula is C19H22FNO4S. The number of sulfonamides is 1. The van der Waals surface area contributed by atoms with Crippen LogP contribution in [-0.4, -0.2) is 33.5 Å². The van der Waals surface area contributed by atoms with Gasteiger partial charge < -0.3 is 9.47 Å². The number of methoxy groups -OCH3 is 2. The zero-order valence-corrected chi connectivity index (χ0v) is 15.8. The maximum absolute atomic E-state index is 14.2. The third-order valence-corrected chi connectivity index (χ3v) is 6.60. The van der Waals surface area contributed by atoms with Gasteiger partial charge in [-0.25, -0.2) is 12.8 Å². The van der Waals surface area contributed by atoms with Gasteiger partial charge in [-0.05, 0) is 43.5 Å². The second-order valence-electron chi connectivity index (χ2n) is 6.32. The predicted octanol–water partition coefficient (Wildman–Crippen LogP) is 3.68. The van der Waals surface area contributed by atoms with Gasteiger partial charge in [-0.3, -0.25) is 0 Å². The molecule has 0 aliphatic carbocycles. The summed E-state index contributed by atoms with van der Waals surface area (Å²) in [6, 6.07) is 9.04. The molecule has 0 spiro atoms. The molecule has 5 nitrogen and oxygen atoms in total. The molecular weight excluding hydrogens is 357 g/mol. The molecule has 7 heteroatoms. The van der Waals surface area contributed by atoms with E-state index in [9.17, 15) is 12.8 Å². The monoisotopic (exact) mass is 379 g/mol. The highest BCUT2D eigenvalue weighted by Gasteiger charge is 2.38. The Bertz CT molecular complexity index is 914. The second kappa shape index (κ2) is 7.25. The third kappa shape index (κ3) is 3.29. The van der Waals surface area contributed by atoms with Crippen LogP contribution in [0.5, 0.6) is 11.5 Å². The summed E-state index contributed by atoms with van der Waals surface area (Å²) in [5.41, 5.74) is 1.45. The van der Waals surface area contributed by atoms with E-state index in [1.54, 1.807) is 32.2 Å². The van der Waals surface area contributed by atoms with E-state index in [1.807, 2.05) is 6.07 Å². The average molecular weight is 379 g/mol. The maximum atomic E-state index is 14.2. The van der Waals surface area contributed by atoms with Crippen LogP contribution in [0.15, 0.2) is 41.3 Å². The minimum atomic E-state index is -3.96. The Kier molecular flexibility index (Phi) is 5.20. The van der Waals surface area contributed by atoms with Crippen molar-refractivity contribution in [3.05, 3.63) is 53.3 Å². The van der Waals surface area contributed by atoms with E-state index in [-0.39, 0.29) is 4.90 Å². The highest BCUT2D eigenvalue weighted by molar-refractivity contribution is 7.89. The first-order valence-corrected chi connectivity index (χ1v) is 9.82. The quantitative estimate of drug-likeness (QED) is 0.795. The summed E-state index contributed by atoms with van der Waals surface area (Å²) in [6.45, 7) is 2.09. The molecule has 26 heavy (non-hydrogen) atoms. The van der Waals surface area contributed by atoms with Gasteiger partial charge in [0.2, 0.25) is 10.0 Å². The molecule has 0 N–H and O–H groups in total. The fourth-order valence-corrected chi connectivity index (χ4v) is 5.19. The molecule has 0 radical (unpaired) electrons. The molecule has 3 rings (SSSR count). The van der Waals surface area contributed by atoms with Crippen LogP contribution in [0.2, 0.25) is 0 Å². The first kappa shape index (κ1) is 18.7. The molecule has 0 amide bonds. The molecule has 0 saturated carbocycles. The van der Waals surface area contributed by atoms with E-state index < -0.39 is 21.9 Å². The number of aryl methyl sites for hydroxylation is 1. The van der Waals surface area contributed by atoms with Gasteiger partial charge in [-0.15, -0.1) is 0 Å². The fraction of sp³-hybridized carbons (Fsp3) is 0.368. The van der Waals surface area contributed by atoms with Gasteiger partial charge in [0.25, 0.3) is 0 Å². The predicted molar refractivity (Wildman–Crippen MR) is 96.5 cm³/mol. The smallest absolute Gasteiger partial charge is 0.246 e. The third-order valence-electron chi connectivity index (χ3n) is 4.68. The second-order valence-corrected chi connectivity index (χ2v) is 8.17. The number of nitrogens with zero attached hydrogens (tertiary/aromatic N) is 1. The van der Waals surface area contributed by atoms with Crippen LogP contribution in [0.25, 0.3) is 0 Å².